The van der Waals surface area contributed by atoms with Crippen LogP contribution in [0, 0.1) is 0 Å². The number of methoxy groups -OCH3 is 1. The van der Waals surface area contributed by atoms with Crippen LogP contribution in [0.5, 0.6) is 0 Å². The molecule has 0 saturated carbocycles. The quantitative estimate of drug-likeness (QED) is 0.217. The van der Waals surface area contributed by atoms with Crippen LogP contribution >= 0.6 is 0 Å². The average molecular weight is 601 g/mol. The molecule has 0 unspecified atom stereocenters. The SMILES string of the molecule is CCCCc1nc2c(N)nc3ccccc3c2n1CCCN(Cc1cccc(C(=O)OC)c1)C(=O)CN(C)C1CCOCC1. The van der Waals surface area contributed by atoms with Crippen molar-refractivity contribution in [2.24, 2.45) is 0 Å². The molecule has 2 aromatic carbocycles. The Balaban J connectivity index is 1.40. The lowest BCUT2D eigenvalue weighted by Gasteiger charge is -2.32. The van der Waals surface area contributed by atoms with Gasteiger partial charge in [0.2, 0.25) is 5.91 Å². The van der Waals surface area contributed by atoms with E-state index in [4.69, 9.17) is 20.2 Å². The van der Waals surface area contributed by atoms with Crippen LogP contribution in [0.15, 0.2) is 48.5 Å². The van der Waals surface area contributed by atoms with Gasteiger partial charge in [-0.1, -0.05) is 43.7 Å². The second-order valence-corrected chi connectivity index (χ2v) is 11.6. The third kappa shape index (κ3) is 7.19. The summed E-state index contributed by atoms with van der Waals surface area (Å²) < 4.78 is 12.7. The molecule has 10 nitrogen and oxygen atoms in total. The van der Waals surface area contributed by atoms with Crippen LogP contribution < -0.4 is 5.73 Å². The molecule has 3 heterocycles. The van der Waals surface area contributed by atoms with Crippen LogP contribution in [0.3, 0.4) is 0 Å². The summed E-state index contributed by atoms with van der Waals surface area (Å²) in [5, 5.41) is 1.03. The molecule has 1 aliphatic rings. The number of aromatic nitrogens is 3. The van der Waals surface area contributed by atoms with Crippen LogP contribution in [0.4, 0.5) is 5.82 Å². The number of para-hydroxylation sites is 1. The molecule has 2 N–H and O–H groups in total. The number of carbonyl (C=O) groups is 2. The summed E-state index contributed by atoms with van der Waals surface area (Å²) in [6, 6.07) is 15.7. The van der Waals surface area contributed by atoms with E-state index in [9.17, 15) is 9.59 Å². The lowest BCUT2D eigenvalue weighted by atomic mass is 10.1. The minimum atomic E-state index is -0.392. The van der Waals surface area contributed by atoms with E-state index < -0.39 is 5.97 Å². The number of hydrogen-bond acceptors (Lipinski definition) is 8. The Kier molecular flexibility index (Phi) is 10.4. The molecule has 1 fully saturated rings. The van der Waals surface area contributed by atoms with E-state index in [0.717, 1.165) is 85.1 Å². The number of hydrogen-bond donors (Lipinski definition) is 1. The van der Waals surface area contributed by atoms with Crippen molar-refractivity contribution in [2.45, 2.75) is 64.6 Å². The number of carbonyl (C=O) groups excluding carboxylic acids is 2. The molecule has 0 spiro atoms. The van der Waals surface area contributed by atoms with Gasteiger partial charge in [0.15, 0.2) is 5.82 Å². The highest BCUT2D eigenvalue weighted by Crippen LogP contribution is 2.29. The summed E-state index contributed by atoms with van der Waals surface area (Å²) >= 11 is 0. The standard InChI is InChI=1S/C34H44N6O4/c1-4-5-14-29-37-31-32(27-12-6-7-13-28(27)36-33(31)35)40(29)18-9-17-39(22-24-10-8-11-25(21-24)34(42)43-3)30(41)23-38(2)26-15-19-44-20-16-26/h6-8,10-13,21,26H,4-5,9,14-20,22-23H2,1-3H3,(H2,35,36). The third-order valence-electron chi connectivity index (χ3n) is 8.53. The second kappa shape index (κ2) is 14.6. The predicted octanol–water partition coefficient (Wildman–Crippen LogP) is 4.83. The van der Waals surface area contributed by atoms with Crippen molar-refractivity contribution in [1.82, 2.24) is 24.3 Å². The Hall–Kier alpha value is -4.02. The van der Waals surface area contributed by atoms with Crippen molar-refractivity contribution in [2.75, 3.05) is 46.2 Å². The summed E-state index contributed by atoms with van der Waals surface area (Å²) in [4.78, 5) is 39.7. The summed E-state index contributed by atoms with van der Waals surface area (Å²) in [5.41, 5.74) is 10.3. The zero-order chi connectivity index (χ0) is 31.1. The van der Waals surface area contributed by atoms with Crippen LogP contribution in [-0.4, -0.2) is 82.7 Å². The molecule has 1 aliphatic heterocycles. The number of fused-ring (bicyclic) bond motifs is 3. The number of amides is 1. The summed E-state index contributed by atoms with van der Waals surface area (Å²) in [6.07, 6.45) is 5.50. The predicted molar refractivity (Wildman–Crippen MR) is 172 cm³/mol. The van der Waals surface area contributed by atoms with Crippen molar-refractivity contribution >= 4 is 39.6 Å². The zero-order valence-electron chi connectivity index (χ0n) is 26.1. The van der Waals surface area contributed by atoms with Gasteiger partial charge in [-0.05, 0) is 56.5 Å². The summed E-state index contributed by atoms with van der Waals surface area (Å²) in [5.74, 6) is 1.10. The minimum Gasteiger partial charge on any atom is -0.465 e. The fourth-order valence-corrected chi connectivity index (χ4v) is 6.09. The molecule has 0 radical (unpaired) electrons. The molecule has 44 heavy (non-hydrogen) atoms. The maximum atomic E-state index is 13.8. The van der Waals surface area contributed by atoms with Crippen molar-refractivity contribution < 1.29 is 19.1 Å². The van der Waals surface area contributed by atoms with Gasteiger partial charge in [-0.2, -0.15) is 0 Å². The molecule has 10 heteroatoms. The largest absolute Gasteiger partial charge is 0.465 e. The lowest BCUT2D eigenvalue weighted by Crippen LogP contribution is -2.44. The Labute approximate surface area is 259 Å². The molecule has 4 aromatic rings. The first-order valence-corrected chi connectivity index (χ1v) is 15.7. The summed E-state index contributed by atoms with van der Waals surface area (Å²) in [6.45, 7) is 5.58. The molecule has 2 aromatic heterocycles. The minimum absolute atomic E-state index is 0.0584. The first kappa shape index (κ1) is 31.4. The smallest absolute Gasteiger partial charge is 0.337 e. The van der Waals surface area contributed by atoms with E-state index in [1.54, 1.807) is 6.07 Å². The number of pyridine rings is 1. The Bertz CT molecular complexity index is 1600. The van der Waals surface area contributed by atoms with Gasteiger partial charge in [0.1, 0.15) is 11.3 Å². The molecule has 5 rings (SSSR count). The maximum Gasteiger partial charge on any atom is 0.337 e. The Morgan fingerprint density at radius 3 is 2.66 bits per heavy atom. The Morgan fingerprint density at radius 1 is 1.09 bits per heavy atom. The van der Waals surface area contributed by atoms with Crippen LogP contribution in [0.25, 0.3) is 21.9 Å². The van der Waals surface area contributed by atoms with Crippen molar-refractivity contribution in [1.29, 1.82) is 0 Å². The van der Waals surface area contributed by atoms with Gasteiger partial charge < -0.3 is 24.7 Å². The number of ether oxygens (including phenoxy) is 2. The first-order chi connectivity index (χ1) is 21.4. The fourth-order valence-electron chi connectivity index (χ4n) is 6.09. The molecule has 1 saturated heterocycles. The van der Waals surface area contributed by atoms with E-state index >= 15 is 0 Å². The Morgan fingerprint density at radius 2 is 1.89 bits per heavy atom. The van der Waals surface area contributed by atoms with Gasteiger partial charge in [-0.15, -0.1) is 0 Å². The van der Waals surface area contributed by atoms with E-state index in [2.05, 4.69) is 27.4 Å². The number of nitrogens with two attached hydrogens (primary N) is 1. The van der Waals surface area contributed by atoms with Gasteiger partial charge in [-0.25, -0.2) is 14.8 Å². The fraction of sp³-hybridized carbons (Fsp3) is 0.471. The topological polar surface area (TPSA) is 116 Å². The third-order valence-corrected chi connectivity index (χ3v) is 8.53. The lowest BCUT2D eigenvalue weighted by molar-refractivity contribution is -0.133. The monoisotopic (exact) mass is 600 g/mol. The van der Waals surface area contributed by atoms with Gasteiger partial charge in [0.05, 0.1) is 30.3 Å². The normalized spacial score (nSPS) is 14.0. The van der Waals surface area contributed by atoms with Crippen molar-refractivity contribution in [3.8, 4) is 0 Å². The highest BCUT2D eigenvalue weighted by atomic mass is 16.5. The molecular formula is C34H44N6O4. The highest BCUT2D eigenvalue weighted by Gasteiger charge is 2.24. The van der Waals surface area contributed by atoms with E-state index in [-0.39, 0.29) is 5.91 Å². The number of imidazole rings is 1. The number of nitrogen functional groups attached to an aromatic ring is 1. The molecule has 1 amide bonds. The average Bonchev–Trinajstić information content (AvgIpc) is 3.42. The first-order valence-electron chi connectivity index (χ1n) is 15.7. The summed E-state index contributed by atoms with van der Waals surface area (Å²) in [7, 11) is 3.39. The number of esters is 1. The number of benzene rings is 2. The number of rotatable bonds is 13. The number of nitrogens with zero attached hydrogens (tertiary/aromatic N) is 5. The number of likely N-dealkylation sites (N-methyl/N-ethyl adjacent to an activating group) is 1. The molecule has 0 bridgehead atoms. The van der Waals surface area contributed by atoms with Gasteiger partial charge in [0, 0.05) is 50.7 Å². The number of aryl methyl sites for hydroxylation is 2. The zero-order valence-corrected chi connectivity index (χ0v) is 26.1. The molecule has 0 atom stereocenters. The van der Waals surface area contributed by atoms with E-state index in [0.29, 0.717) is 43.6 Å². The molecule has 0 aliphatic carbocycles. The van der Waals surface area contributed by atoms with Crippen LogP contribution in [0.1, 0.15) is 60.8 Å². The second-order valence-electron chi connectivity index (χ2n) is 11.6. The maximum absolute atomic E-state index is 13.8. The van der Waals surface area contributed by atoms with E-state index in [1.807, 2.05) is 48.3 Å². The number of unbranched alkanes of at least 4 members (excludes halogenated alkanes) is 1. The highest BCUT2D eigenvalue weighted by molar-refractivity contribution is 6.06. The van der Waals surface area contributed by atoms with E-state index in [1.165, 1.54) is 7.11 Å². The van der Waals surface area contributed by atoms with Crippen LogP contribution in [0.2, 0.25) is 0 Å². The van der Waals surface area contributed by atoms with Crippen molar-refractivity contribution in [3.05, 3.63) is 65.5 Å². The van der Waals surface area contributed by atoms with Gasteiger partial charge in [0.25, 0.3) is 0 Å². The van der Waals surface area contributed by atoms with Crippen molar-refractivity contribution in [3.63, 3.8) is 0 Å². The van der Waals surface area contributed by atoms with Gasteiger partial charge >= 0.3 is 5.97 Å². The molecule has 234 valence electrons. The van der Waals surface area contributed by atoms with Crippen LogP contribution in [-0.2, 0) is 33.8 Å². The molecular weight excluding hydrogens is 556 g/mol. The number of anilines is 1. The van der Waals surface area contributed by atoms with Gasteiger partial charge in [-0.3, -0.25) is 9.69 Å².